The van der Waals surface area contributed by atoms with Crippen LogP contribution in [-0.2, 0) is 18.4 Å². The number of allylic oxidation sites excluding steroid dienone is 19. The quantitative estimate of drug-likeness (QED) is 0.0243. The Bertz CT molecular complexity index is 1750. The first-order chi connectivity index (χ1) is 40.0. The normalized spacial score (nSPS) is 14.5. The van der Waals surface area contributed by atoms with Gasteiger partial charge < -0.3 is 19.8 Å². The summed E-state index contributed by atoms with van der Waals surface area (Å²) in [5.74, 6) is -0.205. The molecular weight excluding hydrogens is 1030 g/mol. The fourth-order valence-electron chi connectivity index (χ4n) is 9.41. The highest BCUT2D eigenvalue weighted by Gasteiger charge is 2.27. The number of aliphatic hydroxyl groups is 1. The molecule has 0 spiro atoms. The van der Waals surface area contributed by atoms with Gasteiger partial charge in [0.15, 0.2) is 0 Å². The first-order valence-corrected chi connectivity index (χ1v) is 35.4. The van der Waals surface area contributed by atoms with Crippen LogP contribution < -0.4 is 5.32 Å². The van der Waals surface area contributed by atoms with Crippen molar-refractivity contribution in [3.8, 4) is 0 Å². The molecule has 0 aromatic rings. The highest BCUT2D eigenvalue weighted by atomic mass is 31.2. The van der Waals surface area contributed by atoms with E-state index in [-0.39, 0.29) is 19.1 Å². The van der Waals surface area contributed by atoms with E-state index in [1.54, 1.807) is 6.08 Å². The number of phosphoric ester groups is 1. The summed E-state index contributed by atoms with van der Waals surface area (Å²) in [5.41, 5.74) is 0. The molecule has 472 valence electrons. The van der Waals surface area contributed by atoms with Gasteiger partial charge in [-0.15, -0.1) is 0 Å². The molecule has 0 radical (unpaired) electrons. The molecule has 0 aliphatic rings. The number of rotatable bonds is 61. The maximum Gasteiger partial charge on any atom is 0.472 e. The molecule has 0 bridgehead atoms. The van der Waals surface area contributed by atoms with Gasteiger partial charge in [-0.2, -0.15) is 0 Å². The number of likely N-dealkylation sites (N-methyl/N-ethyl adjacent to an activating group) is 1. The third-order valence-corrected chi connectivity index (χ3v) is 15.6. The molecule has 0 aliphatic carbocycles. The number of aliphatic hydroxyl groups excluding tert-OH is 1. The Balaban J connectivity index is 4.23. The number of carbonyl (C=O) groups excluding carboxylic acids is 1. The highest BCUT2D eigenvalue weighted by Crippen LogP contribution is 2.43. The Morgan fingerprint density at radius 3 is 1.12 bits per heavy atom. The fourth-order valence-corrected chi connectivity index (χ4v) is 10.1. The maximum absolute atomic E-state index is 13.0. The average molecular weight is 1160 g/mol. The highest BCUT2D eigenvalue weighted by molar-refractivity contribution is 7.47. The second-order valence-corrected chi connectivity index (χ2v) is 25.3. The minimum atomic E-state index is -4.38. The van der Waals surface area contributed by atoms with Crippen molar-refractivity contribution in [2.24, 2.45) is 0 Å². The number of nitrogens with zero attached hydrogens (tertiary/aromatic N) is 1. The lowest BCUT2D eigenvalue weighted by atomic mass is 10.0. The van der Waals surface area contributed by atoms with Crippen molar-refractivity contribution >= 4 is 13.7 Å². The maximum atomic E-state index is 13.0. The van der Waals surface area contributed by atoms with Crippen LogP contribution in [-0.4, -0.2) is 73.4 Å². The summed E-state index contributed by atoms with van der Waals surface area (Å²) >= 11 is 0. The molecule has 3 N–H and O–H groups in total. The number of hydrogen-bond donors (Lipinski definition) is 3. The standard InChI is InChI=1S/C73H129N2O6P/c1-6-8-10-12-14-16-18-20-22-24-26-28-30-32-34-36-37-39-40-42-44-46-48-50-52-54-56-58-60-62-64-66-72(76)71(70-81-82(78,79)80-69-68-75(3,4)5)74-73(77)67-65-63-61-59-57-55-53-51-49-47-45-43-41-38-35-33-31-29-27-25-23-21-19-17-15-13-11-9-7-2/h9,11,15,17,21,23,27,29,33,35,41,43,47-50,56,58,64,66,71-72,76H,6-8,10,12-14,16,18-20,22,24-26,28,30-32,34,36-40,42,44-46,51-55,57,59-63,65,67-70H2,1-5H3,(H-,74,77,78,79)/p+1/b11-9-,17-15-,23-21-,29-27-,35-33-,43-41-,49-47-,50-48+,58-56+,66-64+. The van der Waals surface area contributed by atoms with Crippen LogP contribution in [0.15, 0.2) is 122 Å². The first kappa shape index (κ1) is 78.9. The number of amides is 1. The minimum Gasteiger partial charge on any atom is -0.387 e. The molecule has 0 fully saturated rings. The molecule has 0 aromatic carbocycles. The number of phosphoric acid groups is 1. The van der Waals surface area contributed by atoms with Crippen LogP contribution in [0.3, 0.4) is 0 Å². The van der Waals surface area contributed by atoms with Crippen LogP contribution in [0.4, 0.5) is 0 Å². The number of hydrogen-bond acceptors (Lipinski definition) is 5. The van der Waals surface area contributed by atoms with E-state index < -0.39 is 20.0 Å². The van der Waals surface area contributed by atoms with Crippen molar-refractivity contribution in [2.45, 2.75) is 296 Å². The van der Waals surface area contributed by atoms with Gasteiger partial charge in [-0.3, -0.25) is 13.8 Å². The van der Waals surface area contributed by atoms with Crippen molar-refractivity contribution < 1.29 is 32.9 Å². The summed E-state index contributed by atoms with van der Waals surface area (Å²) in [6.45, 7) is 4.68. The summed E-state index contributed by atoms with van der Waals surface area (Å²) in [5, 5.41) is 14.0. The molecule has 0 saturated heterocycles. The summed E-state index contributed by atoms with van der Waals surface area (Å²) < 4.78 is 23.8. The van der Waals surface area contributed by atoms with Gasteiger partial charge in [-0.05, 0) is 103 Å². The largest absolute Gasteiger partial charge is 0.472 e. The molecule has 0 rings (SSSR count). The van der Waals surface area contributed by atoms with Crippen LogP contribution >= 0.6 is 7.82 Å². The molecule has 0 aliphatic heterocycles. The van der Waals surface area contributed by atoms with Crippen molar-refractivity contribution in [3.05, 3.63) is 122 Å². The van der Waals surface area contributed by atoms with Crippen LogP contribution in [0.25, 0.3) is 0 Å². The second-order valence-electron chi connectivity index (χ2n) is 23.8. The van der Waals surface area contributed by atoms with Gasteiger partial charge in [0.05, 0.1) is 39.9 Å². The first-order valence-electron chi connectivity index (χ1n) is 33.9. The minimum absolute atomic E-state index is 0.0447. The Hall–Kier alpha value is -3.10. The lowest BCUT2D eigenvalue weighted by Gasteiger charge is -2.25. The van der Waals surface area contributed by atoms with Gasteiger partial charge in [-0.1, -0.05) is 296 Å². The molecule has 0 saturated carbocycles. The van der Waals surface area contributed by atoms with E-state index in [0.29, 0.717) is 17.4 Å². The molecule has 3 atom stereocenters. The fraction of sp³-hybridized carbons (Fsp3) is 0.712. The van der Waals surface area contributed by atoms with E-state index in [9.17, 15) is 19.4 Å². The summed E-state index contributed by atoms with van der Waals surface area (Å²) in [7, 11) is 1.52. The summed E-state index contributed by atoms with van der Waals surface area (Å²) in [4.78, 5) is 23.4. The zero-order chi connectivity index (χ0) is 59.8. The zero-order valence-corrected chi connectivity index (χ0v) is 54.8. The molecule has 82 heavy (non-hydrogen) atoms. The smallest absolute Gasteiger partial charge is 0.387 e. The van der Waals surface area contributed by atoms with Gasteiger partial charge >= 0.3 is 7.82 Å². The number of nitrogens with one attached hydrogen (secondary N) is 1. The van der Waals surface area contributed by atoms with E-state index in [0.717, 1.165) is 103 Å². The lowest BCUT2D eigenvalue weighted by Crippen LogP contribution is -2.45. The monoisotopic (exact) mass is 1160 g/mol. The average Bonchev–Trinajstić information content (AvgIpc) is 3.47. The van der Waals surface area contributed by atoms with Crippen molar-refractivity contribution in [1.29, 1.82) is 0 Å². The number of quaternary nitrogens is 1. The van der Waals surface area contributed by atoms with Gasteiger partial charge in [0.2, 0.25) is 5.91 Å². The molecule has 0 heterocycles. The van der Waals surface area contributed by atoms with E-state index in [1.165, 1.54) is 161 Å². The predicted octanol–water partition coefficient (Wildman–Crippen LogP) is 21.7. The van der Waals surface area contributed by atoms with Crippen molar-refractivity contribution in [3.63, 3.8) is 0 Å². The van der Waals surface area contributed by atoms with Crippen LogP contribution in [0.2, 0.25) is 0 Å². The topological polar surface area (TPSA) is 105 Å². The Morgan fingerprint density at radius 2 is 0.744 bits per heavy atom. The van der Waals surface area contributed by atoms with E-state index in [1.807, 2.05) is 27.2 Å². The number of unbranched alkanes of at least 4 members (excludes halogenated alkanes) is 30. The predicted molar refractivity (Wildman–Crippen MR) is 359 cm³/mol. The van der Waals surface area contributed by atoms with Gasteiger partial charge in [0.1, 0.15) is 13.2 Å². The van der Waals surface area contributed by atoms with E-state index >= 15 is 0 Å². The Labute approximate surface area is 507 Å². The molecule has 1 amide bonds. The van der Waals surface area contributed by atoms with Crippen molar-refractivity contribution in [1.82, 2.24) is 5.32 Å². The summed E-state index contributed by atoms with van der Waals surface area (Å²) in [6, 6.07) is -0.887. The molecule has 3 unspecified atom stereocenters. The Kier molecular flexibility index (Phi) is 60.1. The van der Waals surface area contributed by atoms with Gasteiger partial charge in [-0.25, -0.2) is 4.57 Å². The second kappa shape index (κ2) is 62.4. The number of carbonyl (C=O) groups is 1. The van der Waals surface area contributed by atoms with Gasteiger partial charge in [0.25, 0.3) is 0 Å². The lowest BCUT2D eigenvalue weighted by molar-refractivity contribution is -0.870. The SMILES string of the molecule is CC/C=C\C/C=C\C/C=C\C/C=C\C/C=C\C/C=C\C/C=C\CCCCCCCCCC(=O)NC(COP(=O)(O)OCC[N+](C)(C)C)C(O)/C=C/CC/C=C/CC/C=C/CCCCCCCCCCCCCCCCCCCCCCC. The molecular formula is C73H130N2O6P+. The Morgan fingerprint density at radius 1 is 0.427 bits per heavy atom. The molecule has 0 aromatic heterocycles. The van der Waals surface area contributed by atoms with Crippen LogP contribution in [0.5, 0.6) is 0 Å². The van der Waals surface area contributed by atoms with Crippen LogP contribution in [0.1, 0.15) is 284 Å². The third-order valence-electron chi connectivity index (χ3n) is 14.6. The van der Waals surface area contributed by atoms with E-state index in [4.69, 9.17) is 9.05 Å². The van der Waals surface area contributed by atoms with E-state index in [2.05, 4.69) is 129 Å². The third kappa shape index (κ3) is 64.5. The summed E-state index contributed by atoms with van der Waals surface area (Å²) in [6.07, 6.45) is 93.4. The molecule has 9 heteroatoms. The zero-order valence-electron chi connectivity index (χ0n) is 53.9. The van der Waals surface area contributed by atoms with Crippen LogP contribution in [0, 0.1) is 0 Å². The molecule has 8 nitrogen and oxygen atoms in total. The van der Waals surface area contributed by atoms with Crippen molar-refractivity contribution in [2.75, 3.05) is 40.9 Å². The van der Waals surface area contributed by atoms with Gasteiger partial charge in [0, 0.05) is 6.42 Å².